The molecule has 0 saturated heterocycles. The maximum Gasteiger partial charge on any atom is 0.256 e. The summed E-state index contributed by atoms with van der Waals surface area (Å²) in [4.78, 5) is 23.4. The van der Waals surface area contributed by atoms with E-state index >= 15 is 0 Å². The van der Waals surface area contributed by atoms with E-state index in [1.165, 1.54) is 11.6 Å². The van der Waals surface area contributed by atoms with Gasteiger partial charge in [-0.2, -0.15) is 0 Å². The number of carbonyl (C=O) groups is 2. The zero-order valence-corrected chi connectivity index (χ0v) is 14.6. The summed E-state index contributed by atoms with van der Waals surface area (Å²) in [6.45, 7) is 1.42. The quantitative estimate of drug-likeness (QED) is 0.656. The summed E-state index contributed by atoms with van der Waals surface area (Å²) in [7, 11) is 0. The molecule has 0 saturated carbocycles. The Kier molecular flexibility index (Phi) is 4.90. The lowest BCUT2D eigenvalue weighted by molar-refractivity contribution is -0.114. The molecule has 0 spiro atoms. The Labute approximate surface area is 154 Å². The maximum absolute atomic E-state index is 12.4. The van der Waals surface area contributed by atoms with E-state index in [9.17, 15) is 9.59 Å². The molecule has 4 N–H and O–H groups in total. The van der Waals surface area contributed by atoms with E-state index in [0.29, 0.717) is 22.0 Å². The second-order valence-electron chi connectivity index (χ2n) is 5.57. The minimum Gasteiger partial charge on any atom is -0.394 e. The van der Waals surface area contributed by atoms with E-state index in [2.05, 4.69) is 15.7 Å². The Balaban J connectivity index is 1.76. The van der Waals surface area contributed by atoms with Crippen molar-refractivity contribution < 1.29 is 9.59 Å². The smallest absolute Gasteiger partial charge is 0.256 e. The molecule has 0 radical (unpaired) electrons. The van der Waals surface area contributed by atoms with Gasteiger partial charge in [0.1, 0.15) is 0 Å². The van der Waals surface area contributed by atoms with Crippen LogP contribution in [0.5, 0.6) is 0 Å². The predicted molar refractivity (Wildman–Crippen MR) is 102 cm³/mol. The molecule has 8 heteroatoms. The molecule has 0 unspecified atom stereocenters. The van der Waals surface area contributed by atoms with Crippen LogP contribution in [0.1, 0.15) is 17.3 Å². The van der Waals surface area contributed by atoms with Crippen LogP contribution in [-0.2, 0) is 4.79 Å². The number of nitrogens with zero attached hydrogens (tertiary/aromatic N) is 2. The number of aromatic nitrogens is 2. The molecule has 0 aliphatic rings. The third-order valence-electron chi connectivity index (χ3n) is 3.51. The SMILES string of the molecule is CC(=O)Nc1ccc(C(=O)Nc2nn(-c3cccc(Cl)c3)cc2N)cc1. The molecule has 2 amide bonds. The van der Waals surface area contributed by atoms with Gasteiger partial charge in [0.15, 0.2) is 5.82 Å². The van der Waals surface area contributed by atoms with Gasteiger partial charge in [0.2, 0.25) is 5.91 Å². The third kappa shape index (κ3) is 4.01. The fourth-order valence-corrected chi connectivity index (χ4v) is 2.51. The van der Waals surface area contributed by atoms with Crippen LogP contribution in [0, 0.1) is 0 Å². The van der Waals surface area contributed by atoms with Crippen molar-refractivity contribution in [2.24, 2.45) is 0 Å². The van der Waals surface area contributed by atoms with Crippen LogP contribution >= 0.6 is 11.6 Å². The number of rotatable bonds is 4. The summed E-state index contributed by atoms with van der Waals surface area (Å²) < 4.78 is 1.54. The Hall–Kier alpha value is -3.32. The van der Waals surface area contributed by atoms with Crippen molar-refractivity contribution in [1.82, 2.24) is 9.78 Å². The summed E-state index contributed by atoms with van der Waals surface area (Å²) in [5.74, 6) is -0.287. The molecule has 7 nitrogen and oxygen atoms in total. The van der Waals surface area contributed by atoms with Crippen LogP contribution in [0.25, 0.3) is 5.69 Å². The van der Waals surface area contributed by atoms with Gasteiger partial charge in [0.25, 0.3) is 5.91 Å². The molecule has 132 valence electrons. The largest absolute Gasteiger partial charge is 0.394 e. The zero-order chi connectivity index (χ0) is 18.7. The predicted octanol–water partition coefficient (Wildman–Crippen LogP) is 3.32. The molecule has 2 aromatic carbocycles. The van der Waals surface area contributed by atoms with E-state index in [1.54, 1.807) is 48.7 Å². The van der Waals surface area contributed by atoms with Crippen LogP contribution in [0.4, 0.5) is 17.2 Å². The first kappa shape index (κ1) is 17.5. The first-order valence-corrected chi connectivity index (χ1v) is 8.10. The van der Waals surface area contributed by atoms with Crippen molar-refractivity contribution in [2.75, 3.05) is 16.4 Å². The van der Waals surface area contributed by atoms with E-state index in [0.717, 1.165) is 5.69 Å². The molecule has 1 aromatic heterocycles. The van der Waals surface area contributed by atoms with Crippen molar-refractivity contribution in [2.45, 2.75) is 6.92 Å². The highest BCUT2D eigenvalue weighted by Gasteiger charge is 2.13. The normalized spacial score (nSPS) is 10.4. The molecular weight excluding hydrogens is 354 g/mol. The topological polar surface area (TPSA) is 102 Å². The molecule has 3 aromatic rings. The summed E-state index contributed by atoms with van der Waals surface area (Å²) in [5.41, 5.74) is 8.02. The second kappa shape index (κ2) is 7.28. The fraction of sp³-hybridized carbons (Fsp3) is 0.0556. The first-order valence-electron chi connectivity index (χ1n) is 7.72. The lowest BCUT2D eigenvalue weighted by atomic mass is 10.2. The van der Waals surface area contributed by atoms with Crippen LogP contribution < -0.4 is 16.4 Å². The number of hydrogen-bond acceptors (Lipinski definition) is 4. The monoisotopic (exact) mass is 369 g/mol. The third-order valence-corrected chi connectivity index (χ3v) is 3.75. The average Bonchev–Trinajstić information content (AvgIpc) is 2.96. The summed E-state index contributed by atoms with van der Waals surface area (Å²) in [6.07, 6.45) is 1.60. The number of nitrogen functional groups attached to an aromatic ring is 1. The standard InChI is InChI=1S/C18H16ClN5O2/c1-11(25)21-14-7-5-12(6-8-14)18(26)22-17-16(20)10-24(23-17)15-4-2-3-13(19)9-15/h2-10H,20H2,1H3,(H,21,25)(H,22,23,26). The number of hydrogen-bond donors (Lipinski definition) is 3. The minimum atomic E-state index is -0.359. The average molecular weight is 370 g/mol. The number of anilines is 3. The molecule has 0 aliphatic heterocycles. The van der Waals surface area contributed by atoms with E-state index in [4.69, 9.17) is 17.3 Å². The Bertz CT molecular complexity index is 966. The minimum absolute atomic E-state index is 0.179. The molecule has 3 rings (SSSR count). The fourth-order valence-electron chi connectivity index (χ4n) is 2.32. The molecule has 0 atom stereocenters. The van der Waals surface area contributed by atoms with Gasteiger partial charge in [-0.3, -0.25) is 9.59 Å². The van der Waals surface area contributed by atoms with Crippen molar-refractivity contribution >= 4 is 40.6 Å². The van der Waals surface area contributed by atoms with Gasteiger partial charge >= 0.3 is 0 Å². The Morgan fingerprint density at radius 2 is 1.85 bits per heavy atom. The van der Waals surface area contributed by atoms with Crippen molar-refractivity contribution in [3.8, 4) is 5.69 Å². The van der Waals surface area contributed by atoms with Crippen LogP contribution in [-0.4, -0.2) is 21.6 Å². The summed E-state index contributed by atoms with van der Waals surface area (Å²) >= 11 is 5.98. The Morgan fingerprint density at radius 1 is 1.12 bits per heavy atom. The lowest BCUT2D eigenvalue weighted by Crippen LogP contribution is -2.14. The number of nitrogens with one attached hydrogen (secondary N) is 2. The summed E-state index contributed by atoms with van der Waals surface area (Å²) in [5, 5.41) is 10.2. The molecule has 0 bridgehead atoms. The van der Waals surface area contributed by atoms with Crippen LogP contribution in [0.2, 0.25) is 5.02 Å². The van der Waals surface area contributed by atoms with Gasteiger partial charge in [-0.1, -0.05) is 17.7 Å². The van der Waals surface area contributed by atoms with E-state index in [-0.39, 0.29) is 17.6 Å². The van der Waals surface area contributed by atoms with Gasteiger partial charge in [0, 0.05) is 23.2 Å². The highest BCUT2D eigenvalue weighted by atomic mass is 35.5. The highest BCUT2D eigenvalue weighted by Crippen LogP contribution is 2.21. The number of halogens is 1. The van der Waals surface area contributed by atoms with E-state index in [1.807, 2.05) is 6.07 Å². The van der Waals surface area contributed by atoms with Crippen molar-refractivity contribution in [3.05, 3.63) is 65.3 Å². The van der Waals surface area contributed by atoms with Gasteiger partial charge in [-0.05, 0) is 42.5 Å². The number of amides is 2. The van der Waals surface area contributed by atoms with Gasteiger partial charge in [0.05, 0.1) is 17.6 Å². The van der Waals surface area contributed by atoms with E-state index < -0.39 is 0 Å². The van der Waals surface area contributed by atoms with Gasteiger partial charge in [-0.15, -0.1) is 5.10 Å². The molecule has 1 heterocycles. The summed E-state index contributed by atoms with van der Waals surface area (Å²) in [6, 6.07) is 13.6. The lowest BCUT2D eigenvalue weighted by Gasteiger charge is -2.05. The number of nitrogens with two attached hydrogens (primary N) is 1. The second-order valence-corrected chi connectivity index (χ2v) is 6.01. The van der Waals surface area contributed by atoms with Crippen molar-refractivity contribution in [3.63, 3.8) is 0 Å². The molecule has 0 aliphatic carbocycles. The van der Waals surface area contributed by atoms with Crippen LogP contribution in [0.15, 0.2) is 54.7 Å². The number of carbonyl (C=O) groups excluding carboxylic acids is 2. The van der Waals surface area contributed by atoms with Crippen molar-refractivity contribution in [1.29, 1.82) is 0 Å². The molecule has 26 heavy (non-hydrogen) atoms. The van der Waals surface area contributed by atoms with Gasteiger partial charge in [-0.25, -0.2) is 4.68 Å². The molecule has 0 fully saturated rings. The maximum atomic E-state index is 12.4. The number of benzene rings is 2. The highest BCUT2D eigenvalue weighted by molar-refractivity contribution is 6.30. The van der Waals surface area contributed by atoms with Crippen LogP contribution in [0.3, 0.4) is 0 Å². The first-order chi connectivity index (χ1) is 12.4. The van der Waals surface area contributed by atoms with Gasteiger partial charge < -0.3 is 16.4 Å². The Morgan fingerprint density at radius 3 is 2.50 bits per heavy atom. The molecular formula is C18H16ClN5O2. The zero-order valence-electron chi connectivity index (χ0n) is 13.9.